The predicted molar refractivity (Wildman–Crippen MR) is 121 cm³/mol. The number of anilines is 1. The molecule has 1 atom stereocenters. The van der Waals surface area contributed by atoms with Gasteiger partial charge in [-0.1, -0.05) is 18.2 Å². The Hall–Kier alpha value is -3.26. The van der Waals surface area contributed by atoms with E-state index in [4.69, 9.17) is 31.2 Å². The zero-order chi connectivity index (χ0) is 22.0. The summed E-state index contributed by atoms with van der Waals surface area (Å²) in [4.78, 5) is 14.8. The summed E-state index contributed by atoms with van der Waals surface area (Å²) >= 11 is 5.72. The van der Waals surface area contributed by atoms with Crippen LogP contribution in [0.3, 0.4) is 0 Å². The van der Waals surface area contributed by atoms with Crippen LogP contribution in [-0.2, 0) is 9.53 Å². The minimum absolute atomic E-state index is 0.267. The molecular formula is C23H24N2O5S. The number of para-hydroxylation sites is 1. The van der Waals surface area contributed by atoms with Crippen LogP contribution in [0.4, 0.5) is 5.69 Å². The second-order valence-electron chi connectivity index (χ2n) is 7.01. The standard InChI is InChI=1S/C23H24N2O5S/c1-4-28-22(26)20-14(2)25(15-9-10-18-19(13-15)30-12-11-29-18)23(31)24-21(20)16-7-5-6-8-17(16)27-3/h5-10,13,21H,4,11-12H2,1-3H3,(H,24,31)/t21-/m1/s1. The molecule has 0 radical (unpaired) electrons. The molecule has 4 rings (SSSR count). The van der Waals surface area contributed by atoms with Crippen LogP contribution in [0.1, 0.15) is 25.5 Å². The van der Waals surface area contributed by atoms with Crippen LogP contribution in [0.2, 0.25) is 0 Å². The van der Waals surface area contributed by atoms with Crippen molar-refractivity contribution in [3.63, 3.8) is 0 Å². The topological polar surface area (TPSA) is 69.3 Å². The second kappa shape index (κ2) is 8.85. The first-order valence-electron chi connectivity index (χ1n) is 10.1. The smallest absolute Gasteiger partial charge is 0.338 e. The van der Waals surface area contributed by atoms with Crippen LogP contribution in [0.15, 0.2) is 53.7 Å². The first kappa shape index (κ1) is 21.0. The van der Waals surface area contributed by atoms with Crippen molar-refractivity contribution in [2.45, 2.75) is 19.9 Å². The Kier molecular flexibility index (Phi) is 5.99. The minimum atomic E-state index is -0.504. The number of fused-ring (bicyclic) bond motifs is 1. The third-order valence-electron chi connectivity index (χ3n) is 5.21. The zero-order valence-corrected chi connectivity index (χ0v) is 18.5. The van der Waals surface area contributed by atoms with Crippen molar-refractivity contribution in [1.29, 1.82) is 0 Å². The van der Waals surface area contributed by atoms with E-state index in [2.05, 4.69) is 5.32 Å². The number of nitrogens with zero attached hydrogens (tertiary/aromatic N) is 1. The summed E-state index contributed by atoms with van der Waals surface area (Å²) in [5.74, 6) is 1.58. The van der Waals surface area contributed by atoms with Crippen molar-refractivity contribution >= 4 is 29.0 Å². The van der Waals surface area contributed by atoms with Gasteiger partial charge < -0.3 is 24.3 Å². The molecule has 1 N–H and O–H groups in total. The number of esters is 1. The highest BCUT2D eigenvalue weighted by molar-refractivity contribution is 7.80. The lowest BCUT2D eigenvalue weighted by Gasteiger charge is -2.38. The first-order chi connectivity index (χ1) is 15.0. The number of ether oxygens (including phenoxy) is 4. The van der Waals surface area contributed by atoms with E-state index in [9.17, 15) is 4.79 Å². The fourth-order valence-corrected chi connectivity index (χ4v) is 4.20. The molecule has 0 unspecified atom stereocenters. The summed E-state index contributed by atoms with van der Waals surface area (Å²) in [5, 5.41) is 3.76. The average Bonchev–Trinajstić information content (AvgIpc) is 2.78. The Labute approximate surface area is 186 Å². The number of thiocarbonyl (C=S) groups is 1. The maximum atomic E-state index is 13.0. The Morgan fingerprint density at radius 1 is 1.19 bits per heavy atom. The number of hydrogen-bond acceptors (Lipinski definition) is 6. The normalized spacial score (nSPS) is 17.8. The number of rotatable bonds is 5. The average molecular weight is 441 g/mol. The Morgan fingerprint density at radius 3 is 2.68 bits per heavy atom. The summed E-state index contributed by atoms with van der Waals surface area (Å²) in [5.41, 5.74) is 2.71. The van der Waals surface area contributed by atoms with Crippen LogP contribution in [0.5, 0.6) is 17.2 Å². The monoisotopic (exact) mass is 440 g/mol. The van der Waals surface area contributed by atoms with Crippen LogP contribution < -0.4 is 24.4 Å². The van der Waals surface area contributed by atoms with Crippen molar-refractivity contribution in [3.8, 4) is 17.2 Å². The molecule has 2 aliphatic rings. The summed E-state index contributed by atoms with van der Waals surface area (Å²) in [7, 11) is 1.60. The molecule has 0 aliphatic carbocycles. The molecule has 0 fully saturated rings. The van der Waals surface area contributed by atoms with Gasteiger partial charge in [-0.05, 0) is 44.3 Å². The predicted octanol–water partition coefficient (Wildman–Crippen LogP) is 3.74. The van der Waals surface area contributed by atoms with E-state index in [0.717, 1.165) is 11.3 Å². The SMILES string of the molecule is CCOC(=O)C1=C(C)N(c2ccc3c(c2)OCCO3)C(=S)N[C@@H]1c1ccccc1OC. The maximum Gasteiger partial charge on any atom is 0.338 e. The Bertz CT molecular complexity index is 1050. The summed E-state index contributed by atoms with van der Waals surface area (Å²) < 4.78 is 22.3. The Balaban J connectivity index is 1.82. The number of hydrogen-bond donors (Lipinski definition) is 1. The van der Waals surface area contributed by atoms with E-state index < -0.39 is 12.0 Å². The van der Waals surface area contributed by atoms with Gasteiger partial charge in [0.1, 0.15) is 19.0 Å². The highest BCUT2D eigenvalue weighted by Gasteiger charge is 2.37. The van der Waals surface area contributed by atoms with E-state index in [1.165, 1.54) is 0 Å². The van der Waals surface area contributed by atoms with Gasteiger partial charge >= 0.3 is 5.97 Å². The number of methoxy groups -OCH3 is 1. The summed E-state index contributed by atoms with van der Waals surface area (Å²) in [6.07, 6.45) is 0. The molecular weight excluding hydrogens is 416 g/mol. The van der Waals surface area contributed by atoms with Crippen molar-refractivity contribution < 1.29 is 23.7 Å². The molecule has 2 aromatic carbocycles. The minimum Gasteiger partial charge on any atom is -0.496 e. The highest BCUT2D eigenvalue weighted by atomic mass is 32.1. The molecule has 7 nitrogen and oxygen atoms in total. The van der Waals surface area contributed by atoms with Crippen LogP contribution in [0, 0.1) is 0 Å². The first-order valence-corrected chi connectivity index (χ1v) is 10.5. The summed E-state index contributed by atoms with van der Waals surface area (Å²) in [6, 6.07) is 12.6. The molecule has 0 saturated heterocycles. The van der Waals surface area contributed by atoms with Gasteiger partial charge in [-0.3, -0.25) is 4.90 Å². The summed E-state index contributed by atoms with van der Waals surface area (Å²) in [6.45, 7) is 4.91. The molecule has 31 heavy (non-hydrogen) atoms. The molecule has 162 valence electrons. The van der Waals surface area contributed by atoms with Gasteiger partial charge in [-0.15, -0.1) is 0 Å². The van der Waals surface area contributed by atoms with Gasteiger partial charge in [0.15, 0.2) is 16.6 Å². The number of carbonyl (C=O) groups is 1. The van der Waals surface area contributed by atoms with Crippen molar-refractivity contribution in [2.75, 3.05) is 31.8 Å². The lowest BCUT2D eigenvalue weighted by Crippen LogP contribution is -2.48. The number of nitrogens with one attached hydrogen (secondary N) is 1. The van der Waals surface area contributed by atoms with Gasteiger partial charge in [-0.25, -0.2) is 4.79 Å². The maximum absolute atomic E-state index is 13.0. The molecule has 2 aromatic rings. The van der Waals surface area contributed by atoms with Crippen molar-refractivity contribution in [3.05, 3.63) is 59.3 Å². The molecule has 2 aliphatic heterocycles. The molecule has 0 saturated carbocycles. The third-order valence-corrected chi connectivity index (χ3v) is 5.51. The van der Waals surface area contributed by atoms with E-state index in [0.29, 0.717) is 46.8 Å². The van der Waals surface area contributed by atoms with E-state index in [-0.39, 0.29) is 6.61 Å². The molecule has 0 bridgehead atoms. The third kappa shape index (κ3) is 3.90. The molecule has 8 heteroatoms. The van der Waals surface area contributed by atoms with E-state index >= 15 is 0 Å². The lowest BCUT2D eigenvalue weighted by atomic mass is 9.94. The number of benzene rings is 2. The van der Waals surface area contributed by atoms with Crippen molar-refractivity contribution in [2.24, 2.45) is 0 Å². The molecule has 0 spiro atoms. The molecule has 0 aromatic heterocycles. The van der Waals surface area contributed by atoms with Gasteiger partial charge in [0, 0.05) is 17.3 Å². The van der Waals surface area contributed by atoms with E-state index in [1.54, 1.807) is 14.0 Å². The van der Waals surface area contributed by atoms with Gasteiger partial charge in [0.2, 0.25) is 0 Å². The zero-order valence-electron chi connectivity index (χ0n) is 17.6. The van der Waals surface area contributed by atoms with Gasteiger partial charge in [-0.2, -0.15) is 0 Å². The quantitative estimate of drug-likeness (QED) is 0.557. The van der Waals surface area contributed by atoms with Crippen LogP contribution in [-0.4, -0.2) is 38.0 Å². The number of carbonyl (C=O) groups excluding carboxylic acids is 1. The molecule has 0 amide bonds. The molecule has 2 heterocycles. The van der Waals surface area contributed by atoms with Crippen LogP contribution in [0.25, 0.3) is 0 Å². The van der Waals surface area contributed by atoms with Crippen LogP contribution >= 0.6 is 12.2 Å². The van der Waals surface area contributed by atoms with Gasteiger partial charge in [0.05, 0.1) is 31.0 Å². The fraction of sp³-hybridized carbons (Fsp3) is 0.304. The lowest BCUT2D eigenvalue weighted by molar-refractivity contribution is -0.139. The van der Waals surface area contributed by atoms with Crippen molar-refractivity contribution in [1.82, 2.24) is 5.32 Å². The van der Waals surface area contributed by atoms with Gasteiger partial charge in [0.25, 0.3) is 0 Å². The Morgan fingerprint density at radius 2 is 1.94 bits per heavy atom. The second-order valence-corrected chi connectivity index (χ2v) is 7.39. The largest absolute Gasteiger partial charge is 0.496 e. The fourth-order valence-electron chi connectivity index (χ4n) is 3.84. The highest BCUT2D eigenvalue weighted by Crippen LogP contribution is 2.40. The van der Waals surface area contributed by atoms with E-state index in [1.807, 2.05) is 54.3 Å². The number of allylic oxidation sites excluding steroid dienone is 1.